The Morgan fingerprint density at radius 3 is 2.71 bits per heavy atom. The van der Waals surface area contributed by atoms with Crippen molar-refractivity contribution >= 4 is 23.8 Å². The third-order valence-electron chi connectivity index (χ3n) is 7.10. The van der Waals surface area contributed by atoms with E-state index in [0.29, 0.717) is 47.8 Å². The molecule has 0 bridgehead atoms. The first-order valence-electron chi connectivity index (χ1n) is 13.0. The number of carboxylic acids is 1. The van der Waals surface area contributed by atoms with E-state index in [0.717, 1.165) is 24.1 Å². The summed E-state index contributed by atoms with van der Waals surface area (Å²) in [6, 6.07) is 14.0. The van der Waals surface area contributed by atoms with Crippen LogP contribution in [0.25, 0.3) is 17.8 Å². The fourth-order valence-electron chi connectivity index (χ4n) is 5.11. The molecule has 1 aromatic heterocycles. The molecule has 2 heterocycles. The molecule has 5 rings (SSSR count). The molecule has 0 spiro atoms. The highest BCUT2D eigenvalue weighted by Gasteiger charge is 2.27. The van der Waals surface area contributed by atoms with Gasteiger partial charge >= 0.3 is 5.97 Å². The molecule has 0 saturated heterocycles. The molecule has 3 aromatic rings. The van der Waals surface area contributed by atoms with Crippen LogP contribution in [-0.2, 0) is 16.1 Å². The van der Waals surface area contributed by atoms with Crippen LogP contribution in [0.5, 0.6) is 0 Å². The summed E-state index contributed by atoms with van der Waals surface area (Å²) in [5.41, 5.74) is 3.51. The van der Waals surface area contributed by atoms with E-state index >= 15 is 0 Å². The van der Waals surface area contributed by atoms with Crippen molar-refractivity contribution in [3.8, 4) is 5.69 Å². The number of aromatic nitrogens is 2. The molecule has 2 unspecified atom stereocenters. The highest BCUT2D eigenvalue weighted by Crippen LogP contribution is 2.26. The molecule has 196 valence electrons. The summed E-state index contributed by atoms with van der Waals surface area (Å²) in [6.45, 7) is 2.05. The summed E-state index contributed by atoms with van der Waals surface area (Å²) in [4.78, 5) is 35.3. The molecule has 1 aliphatic carbocycles. The smallest absolute Gasteiger partial charge is 0.303 e. The maximum atomic E-state index is 13.6. The Balaban J connectivity index is 1.44. The lowest BCUT2D eigenvalue weighted by atomic mass is 9.89. The Kier molecular flexibility index (Phi) is 7.49. The van der Waals surface area contributed by atoms with Crippen LogP contribution in [0.3, 0.4) is 0 Å². The first-order valence-corrected chi connectivity index (χ1v) is 13.0. The lowest BCUT2D eigenvalue weighted by Crippen LogP contribution is -2.50. The summed E-state index contributed by atoms with van der Waals surface area (Å²) in [7, 11) is 0. The SMILES string of the molecule is Cc1cccc(C2=NOC(C3C=c4nc(CCCCC(=O)O)n(-c5ccc(F)cc5)c(=O)c4=CC3)CC2)c1. The lowest BCUT2D eigenvalue weighted by Gasteiger charge is -2.27. The van der Waals surface area contributed by atoms with Crippen molar-refractivity contribution in [1.29, 1.82) is 0 Å². The zero-order valence-electron chi connectivity index (χ0n) is 21.3. The average molecular weight is 516 g/mol. The number of halogens is 1. The highest BCUT2D eigenvalue weighted by molar-refractivity contribution is 6.00. The molecule has 2 aliphatic rings. The number of aliphatic carboxylic acids is 1. The van der Waals surface area contributed by atoms with Crippen LogP contribution in [-0.4, -0.2) is 32.4 Å². The van der Waals surface area contributed by atoms with E-state index in [1.807, 2.05) is 24.3 Å². The maximum absolute atomic E-state index is 13.6. The van der Waals surface area contributed by atoms with Gasteiger partial charge in [-0.25, -0.2) is 9.37 Å². The molecule has 38 heavy (non-hydrogen) atoms. The Hall–Kier alpha value is -4.07. The predicted octanol–water partition coefficient (Wildman–Crippen LogP) is 3.64. The molecule has 0 fully saturated rings. The predicted molar refractivity (Wildman–Crippen MR) is 143 cm³/mol. The van der Waals surface area contributed by atoms with E-state index in [1.165, 1.54) is 22.3 Å². The molecule has 1 N–H and O–H groups in total. The van der Waals surface area contributed by atoms with Gasteiger partial charge < -0.3 is 9.94 Å². The van der Waals surface area contributed by atoms with Crippen molar-refractivity contribution in [3.63, 3.8) is 0 Å². The Morgan fingerprint density at radius 1 is 1.18 bits per heavy atom. The van der Waals surface area contributed by atoms with E-state index in [-0.39, 0.29) is 29.8 Å². The number of hydrogen-bond acceptors (Lipinski definition) is 5. The number of fused-ring (bicyclic) bond motifs is 1. The summed E-state index contributed by atoms with van der Waals surface area (Å²) >= 11 is 0. The van der Waals surface area contributed by atoms with E-state index in [1.54, 1.807) is 12.1 Å². The van der Waals surface area contributed by atoms with Gasteiger partial charge in [-0.05, 0) is 68.9 Å². The second-order valence-electron chi connectivity index (χ2n) is 9.91. The first-order chi connectivity index (χ1) is 18.4. The van der Waals surface area contributed by atoms with Gasteiger partial charge in [0, 0.05) is 18.8 Å². The minimum atomic E-state index is -0.856. The van der Waals surface area contributed by atoms with E-state index in [4.69, 9.17) is 14.9 Å². The van der Waals surface area contributed by atoms with E-state index < -0.39 is 5.97 Å². The number of carbonyl (C=O) groups is 1. The fourth-order valence-corrected chi connectivity index (χ4v) is 5.11. The van der Waals surface area contributed by atoms with Gasteiger partial charge in [-0.1, -0.05) is 47.1 Å². The topological polar surface area (TPSA) is 93.8 Å². The number of carboxylic acid groups (broad SMARTS) is 1. The van der Waals surface area contributed by atoms with Crippen molar-refractivity contribution in [2.75, 3.05) is 0 Å². The Morgan fingerprint density at radius 2 is 2.00 bits per heavy atom. The van der Waals surface area contributed by atoms with E-state index in [2.05, 4.69) is 24.2 Å². The number of aryl methyl sites for hydroxylation is 2. The van der Waals surface area contributed by atoms with Crippen molar-refractivity contribution in [3.05, 3.63) is 92.2 Å². The largest absolute Gasteiger partial charge is 0.481 e. The van der Waals surface area contributed by atoms with E-state index in [9.17, 15) is 14.0 Å². The highest BCUT2D eigenvalue weighted by atomic mass is 19.1. The number of unbranched alkanes of at least 4 members (excludes halogenated alkanes) is 1. The molecular weight excluding hydrogens is 485 g/mol. The molecule has 8 heteroatoms. The van der Waals surface area contributed by atoms with Gasteiger partial charge in [0.05, 0.1) is 22.0 Å². The standard InChI is InChI=1S/C30H30FN3O4/c1-19-5-4-6-20(17-19)25-15-16-27(38-33-25)21-9-14-24-26(18-21)32-28(7-2-3-8-29(35)36)34(30(24)37)23-12-10-22(31)11-13-23/h4-6,10-14,17-18,21,27H,2-3,7-9,15-16H2,1H3,(H,35,36). The summed E-state index contributed by atoms with van der Waals surface area (Å²) in [6.07, 6.45) is 7.56. The quantitative estimate of drug-likeness (QED) is 0.463. The monoisotopic (exact) mass is 515 g/mol. The van der Waals surface area contributed by atoms with Gasteiger partial charge in [0.2, 0.25) is 0 Å². The second-order valence-corrected chi connectivity index (χ2v) is 9.91. The van der Waals surface area contributed by atoms with Crippen LogP contribution in [0.1, 0.15) is 55.5 Å². The summed E-state index contributed by atoms with van der Waals surface area (Å²) in [5, 5.41) is 14.5. The Labute approximate surface area is 219 Å². The van der Waals surface area contributed by atoms with Gasteiger partial charge in [-0.3, -0.25) is 14.2 Å². The van der Waals surface area contributed by atoms with Crippen molar-refractivity contribution < 1.29 is 19.1 Å². The average Bonchev–Trinajstić information content (AvgIpc) is 2.92. The van der Waals surface area contributed by atoms with Crippen molar-refractivity contribution in [1.82, 2.24) is 9.55 Å². The first kappa shape index (κ1) is 25.6. The molecule has 0 amide bonds. The molecule has 1 aliphatic heterocycles. The molecule has 0 saturated carbocycles. The van der Waals surface area contributed by atoms with Crippen molar-refractivity contribution in [2.24, 2.45) is 11.1 Å². The van der Waals surface area contributed by atoms with Gasteiger partial charge in [-0.2, -0.15) is 0 Å². The number of nitrogens with zero attached hydrogens (tertiary/aromatic N) is 3. The molecular formula is C30H30FN3O4. The van der Waals surface area contributed by atoms with Crippen LogP contribution < -0.4 is 16.1 Å². The van der Waals surface area contributed by atoms with Crippen LogP contribution >= 0.6 is 0 Å². The Bertz CT molecular complexity index is 1560. The zero-order valence-corrected chi connectivity index (χ0v) is 21.3. The fraction of sp³-hybridized carbons (Fsp3) is 0.333. The number of oxime groups is 1. The third kappa shape index (κ3) is 5.59. The van der Waals surface area contributed by atoms with Gasteiger partial charge in [0.15, 0.2) is 0 Å². The van der Waals surface area contributed by atoms with Gasteiger partial charge in [0.25, 0.3) is 5.56 Å². The lowest BCUT2D eigenvalue weighted by molar-refractivity contribution is -0.137. The summed E-state index contributed by atoms with van der Waals surface area (Å²) in [5.74, 6) is -0.691. The summed E-state index contributed by atoms with van der Waals surface area (Å²) < 4.78 is 15.1. The second kappa shape index (κ2) is 11.1. The van der Waals surface area contributed by atoms with Crippen LogP contribution in [0, 0.1) is 18.7 Å². The van der Waals surface area contributed by atoms with Crippen LogP contribution in [0.4, 0.5) is 4.39 Å². The number of rotatable bonds is 8. The molecule has 7 nitrogen and oxygen atoms in total. The minimum absolute atomic E-state index is 0.0266. The minimum Gasteiger partial charge on any atom is -0.481 e. The van der Waals surface area contributed by atoms with Crippen LogP contribution in [0.15, 0.2) is 58.5 Å². The third-order valence-corrected chi connectivity index (χ3v) is 7.10. The zero-order chi connectivity index (χ0) is 26.6. The van der Waals surface area contributed by atoms with Gasteiger partial charge in [0.1, 0.15) is 17.7 Å². The van der Waals surface area contributed by atoms with Crippen molar-refractivity contribution in [2.45, 2.75) is 58.0 Å². The van der Waals surface area contributed by atoms with Crippen LogP contribution in [0.2, 0.25) is 0 Å². The molecule has 2 aromatic carbocycles. The normalized spacial score (nSPS) is 18.4. The maximum Gasteiger partial charge on any atom is 0.303 e. The number of hydrogen-bond donors (Lipinski definition) is 1. The number of benzene rings is 2. The molecule has 2 atom stereocenters. The van der Waals surface area contributed by atoms with Gasteiger partial charge in [-0.15, -0.1) is 0 Å². The molecule has 0 radical (unpaired) electrons.